The molecular weight excluding hydrogens is 300 g/mol. The largest absolute Gasteiger partial charge is 0.397 e. The van der Waals surface area contributed by atoms with Crippen LogP contribution >= 0.6 is 15.9 Å². The van der Waals surface area contributed by atoms with Crippen molar-refractivity contribution in [3.05, 3.63) is 22.7 Å². The molecule has 0 aliphatic heterocycles. The van der Waals surface area contributed by atoms with Crippen LogP contribution in [0.2, 0.25) is 0 Å². The van der Waals surface area contributed by atoms with E-state index in [1.54, 1.807) is 0 Å². The number of anilines is 2. The lowest BCUT2D eigenvalue weighted by Crippen LogP contribution is -2.39. The highest BCUT2D eigenvalue weighted by Gasteiger charge is 2.23. The number of nitrogens with two attached hydrogens (primary N) is 1. The summed E-state index contributed by atoms with van der Waals surface area (Å²) in [5.41, 5.74) is 7.65. The second-order valence-corrected chi connectivity index (χ2v) is 6.56. The highest BCUT2D eigenvalue weighted by atomic mass is 79.9. The van der Waals surface area contributed by atoms with E-state index in [1.165, 1.54) is 19.3 Å². The van der Waals surface area contributed by atoms with E-state index in [-0.39, 0.29) is 12.0 Å². The lowest BCUT2D eigenvalue weighted by atomic mass is 9.93. The third-order valence-electron chi connectivity index (χ3n) is 3.59. The Bertz CT molecular complexity index is 485. The summed E-state index contributed by atoms with van der Waals surface area (Å²) in [5, 5.41) is 0. The first-order chi connectivity index (χ1) is 9.84. The maximum Gasteiger partial charge on any atom is 0.0603 e. The van der Waals surface area contributed by atoms with Gasteiger partial charge in [0.15, 0.2) is 0 Å². The van der Waals surface area contributed by atoms with Gasteiger partial charge in [-0.25, -0.2) is 0 Å². The fraction of sp³-hybridized carbons (Fsp3) is 0.625. The van der Waals surface area contributed by atoms with Gasteiger partial charge in [0.2, 0.25) is 0 Å². The molecule has 3 heteroatoms. The van der Waals surface area contributed by atoms with Gasteiger partial charge in [-0.15, -0.1) is 0 Å². The fourth-order valence-electron chi connectivity index (χ4n) is 2.73. The van der Waals surface area contributed by atoms with Crippen LogP contribution in [0.4, 0.5) is 11.4 Å². The van der Waals surface area contributed by atoms with Crippen molar-refractivity contribution >= 4 is 27.3 Å². The maximum absolute atomic E-state index is 8.59. The Morgan fingerprint density at radius 1 is 1.37 bits per heavy atom. The van der Waals surface area contributed by atoms with Crippen LogP contribution in [0.1, 0.15) is 48.7 Å². The molecule has 2 N–H and O–H groups in total. The van der Waals surface area contributed by atoms with E-state index in [0.717, 1.165) is 23.0 Å². The van der Waals surface area contributed by atoms with Gasteiger partial charge in [0.25, 0.3) is 0 Å². The molecule has 0 heterocycles. The van der Waals surface area contributed by atoms with E-state index in [1.807, 2.05) is 36.9 Å². The fourth-order valence-corrected chi connectivity index (χ4v) is 3.11. The van der Waals surface area contributed by atoms with Crippen LogP contribution in [0.25, 0.3) is 0 Å². The molecule has 106 valence electrons. The molecule has 0 amide bonds. The van der Waals surface area contributed by atoms with Crippen LogP contribution < -0.4 is 10.6 Å². The minimum Gasteiger partial charge on any atom is -0.397 e. The summed E-state index contributed by atoms with van der Waals surface area (Å²) in [6.07, 6.45) is 5.69. The highest BCUT2D eigenvalue weighted by molar-refractivity contribution is 9.10. The molecule has 0 atom stereocenters. The average molecular weight is 327 g/mol. The molecule has 0 bridgehead atoms. The lowest BCUT2D eigenvalue weighted by Gasteiger charge is -2.38. The molecule has 1 aromatic carbocycles. The Labute approximate surface area is 128 Å². The summed E-state index contributed by atoms with van der Waals surface area (Å²) in [4.78, 5) is 1.94. The summed E-state index contributed by atoms with van der Waals surface area (Å²) in [5.74, 6) is -0.0949. The van der Waals surface area contributed by atoms with Gasteiger partial charge in [-0.05, 0) is 37.0 Å². The Morgan fingerprint density at radius 2 is 2.05 bits per heavy atom. The first kappa shape index (κ1) is 12.1. The SMILES string of the molecule is [2H]C([2H])(C(C)C)N(c1ccc(Br)cc1N)C1CCCCC1. The number of halogens is 1. The average Bonchev–Trinajstić information content (AvgIpc) is 2.42. The molecule has 19 heavy (non-hydrogen) atoms. The molecular formula is C16H25BrN2. The number of nitrogens with zero attached hydrogens (tertiary/aromatic N) is 1. The lowest BCUT2D eigenvalue weighted by molar-refractivity contribution is 0.401. The monoisotopic (exact) mass is 326 g/mol. The molecule has 0 saturated heterocycles. The van der Waals surface area contributed by atoms with Crippen LogP contribution in [-0.2, 0) is 0 Å². The molecule has 0 aromatic heterocycles. The molecule has 0 radical (unpaired) electrons. The summed E-state index contributed by atoms with van der Waals surface area (Å²) < 4.78 is 18.1. The number of nitrogen functional groups attached to an aromatic ring is 1. The van der Waals surface area contributed by atoms with Gasteiger partial charge in [0.05, 0.1) is 11.4 Å². The van der Waals surface area contributed by atoms with E-state index in [2.05, 4.69) is 15.9 Å². The van der Waals surface area contributed by atoms with E-state index >= 15 is 0 Å². The van der Waals surface area contributed by atoms with E-state index in [4.69, 9.17) is 8.48 Å². The molecule has 1 aromatic rings. The zero-order valence-electron chi connectivity index (χ0n) is 13.8. The second-order valence-electron chi connectivity index (χ2n) is 5.65. The van der Waals surface area contributed by atoms with Gasteiger partial charge in [-0.1, -0.05) is 49.0 Å². The van der Waals surface area contributed by atoms with Crippen molar-refractivity contribution in [2.45, 2.75) is 52.0 Å². The van der Waals surface area contributed by atoms with Crippen molar-refractivity contribution in [1.29, 1.82) is 0 Å². The number of hydrogen-bond acceptors (Lipinski definition) is 2. The number of hydrogen-bond donors (Lipinski definition) is 1. The molecule has 2 rings (SSSR count). The number of rotatable bonds is 4. The molecule has 0 unspecified atom stereocenters. The topological polar surface area (TPSA) is 29.3 Å². The summed E-state index contributed by atoms with van der Waals surface area (Å²) >= 11 is 3.43. The van der Waals surface area contributed by atoms with Crippen molar-refractivity contribution in [1.82, 2.24) is 0 Å². The van der Waals surface area contributed by atoms with Gasteiger partial charge < -0.3 is 10.6 Å². The molecule has 1 fully saturated rings. The minimum atomic E-state index is -1.40. The first-order valence-corrected chi connectivity index (χ1v) is 7.97. The van der Waals surface area contributed by atoms with Crippen molar-refractivity contribution in [3.8, 4) is 0 Å². The zero-order chi connectivity index (χ0) is 15.6. The molecule has 2 nitrogen and oxygen atoms in total. The van der Waals surface area contributed by atoms with Crippen LogP contribution in [0, 0.1) is 5.92 Å². The molecule has 1 aliphatic rings. The molecule has 1 aliphatic carbocycles. The van der Waals surface area contributed by atoms with Crippen molar-refractivity contribution in [2.24, 2.45) is 5.92 Å². The van der Waals surface area contributed by atoms with Gasteiger partial charge in [0.1, 0.15) is 0 Å². The summed E-state index contributed by atoms with van der Waals surface area (Å²) in [7, 11) is 0. The standard InChI is InChI=1S/C16H25BrN2/c1-12(2)11-19(14-6-4-3-5-7-14)16-9-8-13(17)10-15(16)18/h8-10,12,14H,3-7,11,18H2,1-2H3/i11D2. The Kier molecular flexibility index (Phi) is 4.22. The Morgan fingerprint density at radius 3 is 2.63 bits per heavy atom. The van der Waals surface area contributed by atoms with E-state index < -0.39 is 6.50 Å². The smallest absolute Gasteiger partial charge is 0.0603 e. The van der Waals surface area contributed by atoms with Gasteiger partial charge >= 0.3 is 0 Å². The van der Waals surface area contributed by atoms with Crippen LogP contribution in [-0.4, -0.2) is 12.5 Å². The summed E-state index contributed by atoms with van der Waals surface area (Å²) in [6.45, 7) is 2.47. The normalized spacial score (nSPS) is 19.2. The van der Waals surface area contributed by atoms with Crippen LogP contribution in [0.5, 0.6) is 0 Å². The maximum atomic E-state index is 8.59. The second kappa shape index (κ2) is 6.65. The van der Waals surface area contributed by atoms with Gasteiger partial charge in [-0.3, -0.25) is 0 Å². The first-order valence-electron chi connectivity index (χ1n) is 8.18. The number of benzene rings is 1. The predicted molar refractivity (Wildman–Crippen MR) is 87.6 cm³/mol. The van der Waals surface area contributed by atoms with Gasteiger partial charge in [-0.2, -0.15) is 0 Å². The Balaban J connectivity index is 2.44. The third kappa shape index (κ3) is 3.88. The van der Waals surface area contributed by atoms with E-state index in [9.17, 15) is 0 Å². The van der Waals surface area contributed by atoms with E-state index in [0.29, 0.717) is 5.69 Å². The van der Waals surface area contributed by atoms with Crippen molar-refractivity contribution in [3.63, 3.8) is 0 Å². The van der Waals surface area contributed by atoms with Crippen LogP contribution in [0.3, 0.4) is 0 Å². The molecule has 0 spiro atoms. The van der Waals surface area contributed by atoms with Gasteiger partial charge in [0, 0.05) is 19.8 Å². The summed E-state index contributed by atoms with van der Waals surface area (Å²) in [6, 6.07) is 5.98. The van der Waals surface area contributed by atoms with Crippen LogP contribution in [0.15, 0.2) is 22.7 Å². The Hall–Kier alpha value is -0.700. The quantitative estimate of drug-likeness (QED) is 0.803. The van der Waals surface area contributed by atoms with Crippen molar-refractivity contribution < 1.29 is 2.74 Å². The van der Waals surface area contributed by atoms with Crippen molar-refractivity contribution in [2.75, 3.05) is 17.1 Å². The zero-order valence-corrected chi connectivity index (χ0v) is 13.4. The third-order valence-corrected chi connectivity index (χ3v) is 4.08. The predicted octanol–water partition coefficient (Wildman–Crippen LogP) is 4.83. The minimum absolute atomic E-state index is 0.0949. The highest BCUT2D eigenvalue weighted by Crippen LogP contribution is 2.33. The molecule has 1 saturated carbocycles.